The summed E-state index contributed by atoms with van der Waals surface area (Å²) < 4.78 is 43.6. The van der Waals surface area contributed by atoms with Crippen LogP contribution in [0.2, 0.25) is 0 Å². The molecule has 1 aromatic heterocycles. The number of methoxy groups -OCH3 is 1. The quantitative estimate of drug-likeness (QED) is 0.883. The van der Waals surface area contributed by atoms with Crippen molar-refractivity contribution in [3.8, 4) is 11.4 Å². The predicted octanol–water partition coefficient (Wildman–Crippen LogP) is 3.44. The molecule has 0 unspecified atom stereocenters. The summed E-state index contributed by atoms with van der Waals surface area (Å²) in [6.07, 6.45) is -4.08. The average Bonchev–Trinajstić information content (AvgIpc) is 2.89. The van der Waals surface area contributed by atoms with Crippen LogP contribution in [0.5, 0.6) is 0 Å². The fraction of sp³-hybridized carbons (Fsp3) is 0.286. The van der Waals surface area contributed by atoms with E-state index in [9.17, 15) is 18.0 Å². The Morgan fingerprint density at radius 1 is 1.33 bits per heavy atom. The van der Waals surface area contributed by atoms with E-state index in [-0.39, 0.29) is 17.1 Å². The summed E-state index contributed by atoms with van der Waals surface area (Å²) in [5.74, 6) is -0.681. The van der Waals surface area contributed by atoms with E-state index in [0.717, 1.165) is 6.07 Å². The zero-order valence-electron chi connectivity index (χ0n) is 11.4. The second kappa shape index (κ2) is 5.59. The van der Waals surface area contributed by atoms with Gasteiger partial charge in [-0.05, 0) is 12.5 Å². The summed E-state index contributed by atoms with van der Waals surface area (Å²) in [7, 11) is 1.19. The number of carbonyl (C=O) groups excluding carboxylic acids is 1. The van der Waals surface area contributed by atoms with E-state index in [1.807, 2.05) is 0 Å². The minimum Gasteiger partial charge on any atom is -0.464 e. The molecule has 0 amide bonds. The molecule has 0 bridgehead atoms. The highest BCUT2D eigenvalue weighted by Crippen LogP contribution is 2.36. The van der Waals surface area contributed by atoms with Crippen LogP contribution in [0.1, 0.15) is 28.7 Å². The molecule has 7 heteroatoms. The molecule has 21 heavy (non-hydrogen) atoms. The second-order valence-electron chi connectivity index (χ2n) is 4.30. The smallest absolute Gasteiger partial charge is 0.417 e. The van der Waals surface area contributed by atoms with Crippen molar-refractivity contribution in [1.29, 1.82) is 0 Å². The molecule has 0 fully saturated rings. The highest BCUT2D eigenvalue weighted by atomic mass is 19.4. The minimum absolute atomic E-state index is 0.000162. The van der Waals surface area contributed by atoms with Crippen LogP contribution in [0, 0.1) is 0 Å². The lowest BCUT2D eigenvalue weighted by atomic mass is 10.1. The Labute approximate surface area is 119 Å². The average molecular weight is 298 g/mol. The molecule has 4 nitrogen and oxygen atoms in total. The fourth-order valence-electron chi connectivity index (χ4n) is 2.00. The molecule has 0 aliphatic carbocycles. The van der Waals surface area contributed by atoms with Crippen LogP contribution in [0.4, 0.5) is 13.2 Å². The van der Waals surface area contributed by atoms with Crippen LogP contribution in [0.25, 0.3) is 11.4 Å². The van der Waals surface area contributed by atoms with Gasteiger partial charge in [-0.2, -0.15) is 13.2 Å². The molecule has 0 saturated heterocycles. The molecular formula is C14H13F3N2O2. The Balaban J connectivity index is 2.58. The largest absolute Gasteiger partial charge is 0.464 e. The zero-order chi connectivity index (χ0) is 15.6. The van der Waals surface area contributed by atoms with Crippen LogP contribution in [-0.4, -0.2) is 23.0 Å². The van der Waals surface area contributed by atoms with Gasteiger partial charge in [-0.25, -0.2) is 9.78 Å². The van der Waals surface area contributed by atoms with Crippen molar-refractivity contribution in [2.45, 2.75) is 19.5 Å². The number of hydrogen-bond donors (Lipinski definition) is 1. The van der Waals surface area contributed by atoms with Gasteiger partial charge in [0, 0.05) is 11.3 Å². The molecule has 0 aliphatic heterocycles. The number of hydrogen-bond acceptors (Lipinski definition) is 3. The first-order valence-corrected chi connectivity index (χ1v) is 6.22. The van der Waals surface area contributed by atoms with E-state index >= 15 is 0 Å². The normalized spacial score (nSPS) is 11.5. The molecular weight excluding hydrogens is 285 g/mol. The number of halogens is 3. The number of alkyl halides is 3. The summed E-state index contributed by atoms with van der Waals surface area (Å²) >= 11 is 0. The van der Waals surface area contributed by atoms with E-state index < -0.39 is 17.7 Å². The van der Waals surface area contributed by atoms with E-state index in [1.54, 1.807) is 6.92 Å². The van der Waals surface area contributed by atoms with E-state index in [1.165, 1.54) is 25.3 Å². The van der Waals surface area contributed by atoms with Crippen molar-refractivity contribution < 1.29 is 22.7 Å². The van der Waals surface area contributed by atoms with Gasteiger partial charge in [0.2, 0.25) is 0 Å². The Morgan fingerprint density at radius 2 is 2.00 bits per heavy atom. The number of H-pyrrole nitrogens is 1. The first kappa shape index (κ1) is 15.1. The van der Waals surface area contributed by atoms with Gasteiger partial charge in [0.25, 0.3) is 0 Å². The number of esters is 1. The Kier molecular flexibility index (Phi) is 4.02. The summed E-state index contributed by atoms with van der Waals surface area (Å²) in [4.78, 5) is 18.3. The Morgan fingerprint density at radius 3 is 2.57 bits per heavy atom. The topological polar surface area (TPSA) is 55.0 Å². The SMILES string of the molecule is CCc1[nH]c(-c2ccccc2C(F)(F)F)nc1C(=O)OC. The first-order valence-electron chi connectivity index (χ1n) is 6.22. The number of benzene rings is 1. The van der Waals surface area contributed by atoms with Gasteiger partial charge in [0.1, 0.15) is 5.82 Å². The number of aryl methyl sites for hydroxylation is 1. The lowest BCUT2D eigenvalue weighted by Gasteiger charge is -2.10. The Bertz CT molecular complexity index is 662. The minimum atomic E-state index is -4.50. The van der Waals surface area contributed by atoms with E-state index in [4.69, 9.17) is 0 Å². The molecule has 1 heterocycles. The van der Waals surface area contributed by atoms with E-state index in [0.29, 0.717) is 12.1 Å². The molecule has 0 spiro atoms. The van der Waals surface area contributed by atoms with Gasteiger partial charge in [-0.15, -0.1) is 0 Å². The lowest BCUT2D eigenvalue weighted by molar-refractivity contribution is -0.137. The molecule has 2 aromatic rings. The van der Waals surface area contributed by atoms with Crippen molar-refractivity contribution in [3.05, 3.63) is 41.2 Å². The van der Waals surface area contributed by atoms with Crippen molar-refractivity contribution in [2.24, 2.45) is 0 Å². The molecule has 112 valence electrons. The van der Waals surface area contributed by atoms with Crippen molar-refractivity contribution >= 4 is 5.97 Å². The number of rotatable bonds is 3. The number of carbonyl (C=O) groups is 1. The monoisotopic (exact) mass is 298 g/mol. The third-order valence-corrected chi connectivity index (χ3v) is 3.00. The van der Waals surface area contributed by atoms with Crippen LogP contribution in [-0.2, 0) is 17.3 Å². The van der Waals surface area contributed by atoms with Crippen molar-refractivity contribution in [1.82, 2.24) is 9.97 Å². The maximum Gasteiger partial charge on any atom is 0.417 e. The highest BCUT2D eigenvalue weighted by Gasteiger charge is 2.34. The van der Waals surface area contributed by atoms with Gasteiger partial charge in [-0.1, -0.05) is 25.1 Å². The third-order valence-electron chi connectivity index (χ3n) is 3.00. The summed E-state index contributed by atoms with van der Waals surface area (Å²) in [5, 5.41) is 0. The van der Waals surface area contributed by atoms with Gasteiger partial charge in [0.15, 0.2) is 5.69 Å². The van der Waals surface area contributed by atoms with Gasteiger partial charge in [0.05, 0.1) is 12.7 Å². The number of aromatic nitrogens is 2. The maximum absolute atomic E-state index is 13.0. The van der Waals surface area contributed by atoms with Crippen molar-refractivity contribution in [2.75, 3.05) is 7.11 Å². The second-order valence-corrected chi connectivity index (χ2v) is 4.30. The van der Waals surface area contributed by atoms with E-state index in [2.05, 4.69) is 14.7 Å². The molecule has 0 aliphatic rings. The summed E-state index contributed by atoms with van der Waals surface area (Å²) in [5.41, 5.74) is -0.464. The number of aromatic amines is 1. The molecule has 1 N–H and O–H groups in total. The molecule has 0 atom stereocenters. The number of nitrogens with one attached hydrogen (secondary N) is 1. The number of ether oxygens (including phenoxy) is 1. The summed E-state index contributed by atoms with van der Waals surface area (Å²) in [6.45, 7) is 1.76. The zero-order valence-corrected chi connectivity index (χ0v) is 11.4. The fourth-order valence-corrected chi connectivity index (χ4v) is 2.00. The lowest BCUT2D eigenvalue weighted by Crippen LogP contribution is -2.07. The van der Waals surface area contributed by atoms with Crippen molar-refractivity contribution in [3.63, 3.8) is 0 Å². The van der Waals surface area contributed by atoms with Gasteiger partial charge in [-0.3, -0.25) is 0 Å². The maximum atomic E-state index is 13.0. The predicted molar refractivity (Wildman–Crippen MR) is 69.7 cm³/mol. The van der Waals surface area contributed by atoms with Crippen LogP contribution >= 0.6 is 0 Å². The number of nitrogens with zero attached hydrogens (tertiary/aromatic N) is 1. The number of imidazole rings is 1. The Hall–Kier alpha value is -2.31. The molecule has 0 radical (unpaired) electrons. The molecule has 0 saturated carbocycles. The third kappa shape index (κ3) is 2.91. The molecule has 2 rings (SSSR count). The molecule has 1 aromatic carbocycles. The summed E-state index contributed by atoms with van der Waals surface area (Å²) in [6, 6.07) is 5.07. The van der Waals surface area contributed by atoms with Gasteiger partial charge >= 0.3 is 12.1 Å². The first-order chi connectivity index (χ1) is 9.88. The standard InChI is InChI=1S/C14H13F3N2O2/c1-3-10-11(13(20)21-2)19-12(18-10)8-6-4-5-7-9(8)14(15,16)17/h4-7H,3H2,1-2H3,(H,18,19). The van der Waals surface area contributed by atoms with Gasteiger partial charge < -0.3 is 9.72 Å². The van der Waals surface area contributed by atoms with Crippen LogP contribution in [0.15, 0.2) is 24.3 Å². The highest BCUT2D eigenvalue weighted by molar-refractivity contribution is 5.89. The van der Waals surface area contributed by atoms with Crippen LogP contribution < -0.4 is 0 Å². The van der Waals surface area contributed by atoms with Crippen LogP contribution in [0.3, 0.4) is 0 Å².